The lowest BCUT2D eigenvalue weighted by Gasteiger charge is -2.28. The molecular formula is C15H19BrClN3. The Morgan fingerprint density at radius 3 is 2.65 bits per heavy atom. The summed E-state index contributed by atoms with van der Waals surface area (Å²) >= 11 is 3.60. The zero-order valence-electron chi connectivity index (χ0n) is 11.2. The van der Waals surface area contributed by atoms with Crippen molar-refractivity contribution in [2.24, 2.45) is 5.73 Å². The lowest BCUT2D eigenvalue weighted by Crippen LogP contribution is -2.32. The van der Waals surface area contributed by atoms with Crippen LogP contribution in [0.1, 0.15) is 25.7 Å². The number of aromatic nitrogens is 1. The number of rotatable bonds is 2. The van der Waals surface area contributed by atoms with Crippen LogP contribution in [0.5, 0.6) is 0 Å². The van der Waals surface area contributed by atoms with E-state index in [0.717, 1.165) is 35.5 Å². The van der Waals surface area contributed by atoms with Crippen molar-refractivity contribution in [3.05, 3.63) is 35.1 Å². The second kappa shape index (κ2) is 6.74. The monoisotopic (exact) mass is 355 g/mol. The summed E-state index contributed by atoms with van der Waals surface area (Å²) in [5.41, 5.74) is 7.15. The molecule has 0 radical (unpaired) electrons. The molecule has 1 heterocycles. The number of anilines is 1. The summed E-state index contributed by atoms with van der Waals surface area (Å²) in [5, 5.41) is 6.05. The molecule has 0 atom stereocenters. The van der Waals surface area contributed by atoms with Crippen molar-refractivity contribution in [3.8, 4) is 0 Å². The van der Waals surface area contributed by atoms with E-state index in [1.807, 2.05) is 12.4 Å². The number of fused-ring (bicyclic) bond motifs is 1. The van der Waals surface area contributed by atoms with E-state index < -0.39 is 0 Å². The smallest absolute Gasteiger partial charge is 0.0457 e. The maximum atomic E-state index is 5.96. The number of hydrogen-bond acceptors (Lipinski definition) is 3. The van der Waals surface area contributed by atoms with Crippen molar-refractivity contribution in [2.45, 2.75) is 37.8 Å². The van der Waals surface area contributed by atoms with Gasteiger partial charge in [-0.25, -0.2) is 0 Å². The standard InChI is InChI=1S/C15H18BrN3.ClH/c16-13-9-18-8-10-2-1-3-14(15(10)13)19-12-6-4-11(17)5-7-12;/h1-3,8-9,11-12,19H,4-7,17H2;1H. The van der Waals surface area contributed by atoms with Crippen LogP contribution in [0.2, 0.25) is 0 Å². The van der Waals surface area contributed by atoms with E-state index in [9.17, 15) is 0 Å². The Kier molecular flexibility index (Phi) is 5.24. The Hall–Kier alpha value is -0.840. The summed E-state index contributed by atoms with van der Waals surface area (Å²) in [6, 6.07) is 7.23. The van der Waals surface area contributed by atoms with E-state index in [-0.39, 0.29) is 12.4 Å². The van der Waals surface area contributed by atoms with Crippen LogP contribution in [0.4, 0.5) is 5.69 Å². The molecule has 3 nitrogen and oxygen atoms in total. The summed E-state index contributed by atoms with van der Waals surface area (Å²) in [7, 11) is 0. The van der Waals surface area contributed by atoms with Crippen LogP contribution in [0, 0.1) is 0 Å². The predicted molar refractivity (Wildman–Crippen MR) is 90.5 cm³/mol. The molecule has 5 heteroatoms. The maximum Gasteiger partial charge on any atom is 0.0457 e. The van der Waals surface area contributed by atoms with Crippen molar-refractivity contribution < 1.29 is 0 Å². The lowest BCUT2D eigenvalue weighted by molar-refractivity contribution is 0.411. The van der Waals surface area contributed by atoms with Gasteiger partial charge in [0.25, 0.3) is 0 Å². The van der Waals surface area contributed by atoms with Crippen molar-refractivity contribution in [3.63, 3.8) is 0 Å². The Bertz CT molecular complexity index is 577. The Morgan fingerprint density at radius 2 is 1.90 bits per heavy atom. The first kappa shape index (κ1) is 15.5. The van der Waals surface area contributed by atoms with E-state index in [1.54, 1.807) is 0 Å². The lowest BCUT2D eigenvalue weighted by atomic mass is 9.91. The first-order valence-corrected chi connectivity index (χ1v) is 7.57. The minimum Gasteiger partial charge on any atom is -0.382 e. The van der Waals surface area contributed by atoms with Gasteiger partial charge in [0.1, 0.15) is 0 Å². The third kappa shape index (κ3) is 3.25. The zero-order valence-corrected chi connectivity index (χ0v) is 13.6. The third-order valence-electron chi connectivity index (χ3n) is 3.87. The van der Waals surface area contributed by atoms with Gasteiger partial charge in [0.15, 0.2) is 0 Å². The first-order chi connectivity index (χ1) is 9.24. The van der Waals surface area contributed by atoms with Crippen LogP contribution < -0.4 is 11.1 Å². The Labute approximate surface area is 133 Å². The molecule has 0 saturated heterocycles. The van der Waals surface area contributed by atoms with Gasteiger partial charge < -0.3 is 11.1 Å². The zero-order chi connectivity index (χ0) is 13.2. The molecule has 0 unspecified atom stereocenters. The molecule has 1 aliphatic carbocycles. The SMILES string of the molecule is Cl.NC1CCC(Nc2cccc3cncc(Br)c23)CC1. The largest absolute Gasteiger partial charge is 0.382 e. The molecule has 0 bridgehead atoms. The van der Waals surface area contributed by atoms with Crippen LogP contribution in [0.25, 0.3) is 10.8 Å². The molecule has 1 aromatic carbocycles. The molecule has 1 aliphatic rings. The van der Waals surface area contributed by atoms with Gasteiger partial charge in [-0.2, -0.15) is 0 Å². The van der Waals surface area contributed by atoms with Gasteiger partial charge in [0, 0.05) is 45.4 Å². The summed E-state index contributed by atoms with van der Waals surface area (Å²) in [4.78, 5) is 4.22. The van der Waals surface area contributed by atoms with Crippen molar-refractivity contribution >= 4 is 44.8 Å². The van der Waals surface area contributed by atoms with Crippen molar-refractivity contribution in [2.75, 3.05) is 5.32 Å². The molecule has 0 aliphatic heterocycles. The van der Waals surface area contributed by atoms with Gasteiger partial charge in [-0.1, -0.05) is 12.1 Å². The van der Waals surface area contributed by atoms with Gasteiger partial charge in [-0.3, -0.25) is 4.98 Å². The highest BCUT2D eigenvalue weighted by molar-refractivity contribution is 9.10. The van der Waals surface area contributed by atoms with Gasteiger partial charge in [0.2, 0.25) is 0 Å². The number of halogens is 2. The molecule has 1 saturated carbocycles. The predicted octanol–water partition coefficient (Wildman–Crippen LogP) is 4.10. The molecule has 3 N–H and O–H groups in total. The second-order valence-corrected chi connectivity index (χ2v) is 6.14. The molecule has 20 heavy (non-hydrogen) atoms. The minimum absolute atomic E-state index is 0. The number of benzene rings is 1. The van der Waals surface area contributed by atoms with Gasteiger partial charge in [-0.05, 0) is 47.7 Å². The second-order valence-electron chi connectivity index (χ2n) is 5.28. The highest BCUT2D eigenvalue weighted by Gasteiger charge is 2.19. The molecule has 108 valence electrons. The van der Waals surface area contributed by atoms with Crippen LogP contribution in [-0.2, 0) is 0 Å². The molecule has 0 amide bonds. The summed E-state index contributed by atoms with van der Waals surface area (Å²) in [5.74, 6) is 0. The molecule has 0 spiro atoms. The quantitative estimate of drug-likeness (QED) is 0.851. The van der Waals surface area contributed by atoms with E-state index in [1.165, 1.54) is 11.1 Å². The molecule has 1 aromatic heterocycles. The summed E-state index contributed by atoms with van der Waals surface area (Å²) in [6.45, 7) is 0. The van der Waals surface area contributed by atoms with E-state index >= 15 is 0 Å². The summed E-state index contributed by atoms with van der Waals surface area (Å²) < 4.78 is 1.04. The Balaban J connectivity index is 0.00000147. The normalized spacial score (nSPS) is 22.3. The average Bonchev–Trinajstić information content (AvgIpc) is 2.42. The fourth-order valence-corrected chi connectivity index (χ4v) is 3.36. The molecule has 1 fully saturated rings. The number of pyridine rings is 1. The Morgan fingerprint density at radius 1 is 1.15 bits per heavy atom. The molecular weight excluding hydrogens is 338 g/mol. The van der Waals surface area contributed by atoms with Crippen LogP contribution in [-0.4, -0.2) is 17.1 Å². The van der Waals surface area contributed by atoms with E-state index in [0.29, 0.717) is 12.1 Å². The van der Waals surface area contributed by atoms with Gasteiger partial charge >= 0.3 is 0 Å². The molecule has 2 aromatic rings. The fourth-order valence-electron chi connectivity index (χ4n) is 2.80. The minimum atomic E-state index is 0. The summed E-state index contributed by atoms with van der Waals surface area (Å²) in [6.07, 6.45) is 8.29. The van der Waals surface area contributed by atoms with E-state index in [2.05, 4.69) is 44.4 Å². The highest BCUT2D eigenvalue weighted by Crippen LogP contribution is 2.31. The van der Waals surface area contributed by atoms with Gasteiger partial charge in [0.05, 0.1) is 0 Å². The highest BCUT2D eigenvalue weighted by atomic mass is 79.9. The number of nitrogens with one attached hydrogen (secondary N) is 1. The average molecular weight is 357 g/mol. The first-order valence-electron chi connectivity index (χ1n) is 6.78. The van der Waals surface area contributed by atoms with Crippen LogP contribution in [0.3, 0.4) is 0 Å². The fraction of sp³-hybridized carbons (Fsp3) is 0.400. The van der Waals surface area contributed by atoms with Gasteiger partial charge in [-0.15, -0.1) is 12.4 Å². The van der Waals surface area contributed by atoms with Crippen molar-refractivity contribution in [1.29, 1.82) is 0 Å². The van der Waals surface area contributed by atoms with Crippen LogP contribution >= 0.6 is 28.3 Å². The topological polar surface area (TPSA) is 50.9 Å². The number of hydrogen-bond donors (Lipinski definition) is 2. The third-order valence-corrected chi connectivity index (χ3v) is 4.47. The molecule has 3 rings (SSSR count). The van der Waals surface area contributed by atoms with Crippen LogP contribution in [0.15, 0.2) is 35.1 Å². The van der Waals surface area contributed by atoms with Crippen molar-refractivity contribution in [1.82, 2.24) is 4.98 Å². The van der Waals surface area contributed by atoms with E-state index in [4.69, 9.17) is 5.73 Å². The number of nitrogens with two attached hydrogens (primary N) is 1. The maximum absolute atomic E-state index is 5.96. The number of nitrogens with zero attached hydrogens (tertiary/aromatic N) is 1.